The maximum atomic E-state index is 13.2. The summed E-state index contributed by atoms with van der Waals surface area (Å²) in [4.78, 5) is 3.52. The van der Waals surface area contributed by atoms with Gasteiger partial charge in [0, 0.05) is 41.1 Å². The van der Waals surface area contributed by atoms with Gasteiger partial charge in [-0.05, 0) is 42.8 Å². The fraction of sp³-hybridized carbons (Fsp3) is 0.263. The lowest BCUT2D eigenvalue weighted by Crippen LogP contribution is -2.36. The average molecular weight is 391 g/mol. The number of fused-ring (bicyclic) bond motifs is 3. The van der Waals surface area contributed by atoms with Crippen LogP contribution in [-0.4, -0.2) is 31.4 Å². The summed E-state index contributed by atoms with van der Waals surface area (Å²) in [5.74, 6) is 0.301. The van der Waals surface area contributed by atoms with E-state index in [1.165, 1.54) is 17.5 Å². The average Bonchev–Trinajstić information content (AvgIpc) is 2.98. The molecule has 0 atom stereocenters. The molecule has 1 aliphatic heterocycles. The maximum absolute atomic E-state index is 13.2. The van der Waals surface area contributed by atoms with Crippen molar-refractivity contribution in [2.75, 3.05) is 13.7 Å². The minimum absolute atomic E-state index is 0.104. The number of aryl methyl sites for hydroxylation is 1. The molecule has 0 fully saturated rings. The Morgan fingerprint density at radius 2 is 2.00 bits per heavy atom. The molecule has 4 rings (SSSR count). The molecule has 7 heteroatoms. The molecule has 0 saturated carbocycles. The van der Waals surface area contributed by atoms with Crippen molar-refractivity contribution in [2.24, 2.45) is 0 Å². The van der Waals surface area contributed by atoms with Crippen molar-refractivity contribution in [3.8, 4) is 5.75 Å². The van der Waals surface area contributed by atoms with Crippen molar-refractivity contribution in [2.45, 2.75) is 24.8 Å². The zero-order chi connectivity index (χ0) is 18.5. The van der Waals surface area contributed by atoms with Gasteiger partial charge >= 0.3 is 0 Å². The van der Waals surface area contributed by atoms with Crippen LogP contribution in [0, 0.1) is 6.92 Å². The largest absolute Gasteiger partial charge is 0.495 e. The van der Waals surface area contributed by atoms with Crippen LogP contribution in [0.2, 0.25) is 5.02 Å². The summed E-state index contributed by atoms with van der Waals surface area (Å²) >= 11 is 6.03. The molecule has 0 saturated heterocycles. The molecular weight excluding hydrogens is 372 g/mol. The number of methoxy groups -OCH3 is 1. The number of benzene rings is 2. The molecule has 2 heterocycles. The molecule has 26 heavy (non-hydrogen) atoms. The van der Waals surface area contributed by atoms with Gasteiger partial charge in [-0.3, -0.25) is 0 Å². The Bertz CT molecular complexity index is 1110. The maximum Gasteiger partial charge on any atom is 0.247 e. The topological polar surface area (TPSA) is 62.4 Å². The van der Waals surface area contributed by atoms with Crippen molar-refractivity contribution in [3.05, 3.63) is 58.2 Å². The molecule has 0 amide bonds. The second kappa shape index (κ2) is 6.30. The van der Waals surface area contributed by atoms with Crippen LogP contribution in [0.5, 0.6) is 5.75 Å². The van der Waals surface area contributed by atoms with E-state index in [2.05, 4.69) is 17.1 Å². The molecule has 2 aromatic carbocycles. The Balaban J connectivity index is 1.78. The van der Waals surface area contributed by atoms with E-state index in [0.717, 1.165) is 27.7 Å². The van der Waals surface area contributed by atoms with Crippen molar-refractivity contribution in [1.82, 2.24) is 9.29 Å². The Hall–Kier alpha value is -2.02. The van der Waals surface area contributed by atoms with E-state index in [1.54, 1.807) is 12.1 Å². The van der Waals surface area contributed by atoms with Gasteiger partial charge in [0.25, 0.3) is 0 Å². The Labute approximate surface area is 157 Å². The lowest BCUT2D eigenvalue weighted by atomic mass is 10.0. The van der Waals surface area contributed by atoms with Crippen LogP contribution >= 0.6 is 11.6 Å². The van der Waals surface area contributed by atoms with E-state index in [0.29, 0.717) is 30.3 Å². The standard InChI is InChI=1S/C19H19ClN2O3S/c1-12-3-5-16-14(9-12)15-11-22(8-7-17(15)21-16)26(23,24)19-10-13(20)4-6-18(19)25-2/h3-6,9-10,21H,7-8,11H2,1-2H3. The Morgan fingerprint density at radius 3 is 2.77 bits per heavy atom. The molecule has 1 aliphatic rings. The fourth-order valence-corrected chi connectivity index (χ4v) is 5.33. The summed E-state index contributed by atoms with van der Waals surface area (Å²) in [7, 11) is -2.26. The summed E-state index contributed by atoms with van der Waals surface area (Å²) in [6, 6.07) is 10.8. The molecule has 136 valence electrons. The molecule has 0 spiro atoms. The highest BCUT2D eigenvalue weighted by Crippen LogP contribution is 2.34. The second-order valence-electron chi connectivity index (χ2n) is 6.51. The molecule has 3 aromatic rings. The minimum atomic E-state index is -3.72. The lowest BCUT2D eigenvalue weighted by Gasteiger charge is -2.27. The second-order valence-corrected chi connectivity index (χ2v) is 8.86. The monoisotopic (exact) mass is 390 g/mol. The molecule has 0 radical (unpaired) electrons. The molecule has 1 aromatic heterocycles. The number of nitrogens with zero attached hydrogens (tertiary/aromatic N) is 1. The highest BCUT2D eigenvalue weighted by atomic mass is 35.5. The van der Waals surface area contributed by atoms with E-state index in [-0.39, 0.29) is 4.90 Å². The van der Waals surface area contributed by atoms with Crippen molar-refractivity contribution >= 4 is 32.5 Å². The summed E-state index contributed by atoms with van der Waals surface area (Å²) in [5.41, 5.74) is 4.34. The number of aromatic nitrogens is 1. The number of H-pyrrole nitrogens is 1. The number of ether oxygens (including phenoxy) is 1. The normalized spacial score (nSPS) is 15.2. The van der Waals surface area contributed by atoms with Crippen LogP contribution < -0.4 is 4.74 Å². The summed E-state index contributed by atoms with van der Waals surface area (Å²) < 4.78 is 33.2. The van der Waals surface area contributed by atoms with Crippen molar-refractivity contribution < 1.29 is 13.2 Å². The zero-order valence-electron chi connectivity index (χ0n) is 14.5. The molecular formula is C19H19ClN2O3S. The van der Waals surface area contributed by atoms with Crippen LogP contribution in [-0.2, 0) is 23.0 Å². The van der Waals surface area contributed by atoms with Crippen molar-refractivity contribution in [1.29, 1.82) is 0 Å². The van der Waals surface area contributed by atoms with E-state index < -0.39 is 10.0 Å². The molecule has 1 N–H and O–H groups in total. The van der Waals surface area contributed by atoms with Gasteiger partial charge in [0.2, 0.25) is 10.0 Å². The number of halogens is 1. The predicted octanol–water partition coefficient (Wildman–Crippen LogP) is 3.89. The number of rotatable bonds is 3. The minimum Gasteiger partial charge on any atom is -0.495 e. The van der Waals surface area contributed by atoms with E-state index >= 15 is 0 Å². The highest BCUT2D eigenvalue weighted by Gasteiger charge is 2.32. The molecule has 0 aliphatic carbocycles. The Morgan fingerprint density at radius 1 is 1.19 bits per heavy atom. The fourth-order valence-electron chi connectivity index (χ4n) is 3.50. The zero-order valence-corrected chi connectivity index (χ0v) is 16.1. The van der Waals surface area contributed by atoms with Crippen LogP contribution in [0.25, 0.3) is 10.9 Å². The molecule has 0 unspecified atom stereocenters. The summed E-state index contributed by atoms with van der Waals surface area (Å²) in [5, 5.41) is 1.45. The third-order valence-electron chi connectivity index (χ3n) is 4.84. The van der Waals surface area contributed by atoms with E-state index in [9.17, 15) is 8.42 Å². The van der Waals surface area contributed by atoms with Gasteiger partial charge in [0.15, 0.2) is 0 Å². The van der Waals surface area contributed by atoms with Crippen LogP contribution in [0.1, 0.15) is 16.8 Å². The van der Waals surface area contributed by atoms with Gasteiger partial charge in [-0.2, -0.15) is 4.31 Å². The van der Waals surface area contributed by atoms with Gasteiger partial charge in [-0.25, -0.2) is 8.42 Å². The van der Waals surface area contributed by atoms with E-state index in [4.69, 9.17) is 16.3 Å². The quantitative estimate of drug-likeness (QED) is 0.738. The first-order valence-corrected chi connectivity index (χ1v) is 10.2. The first-order chi connectivity index (χ1) is 12.4. The molecule has 5 nitrogen and oxygen atoms in total. The SMILES string of the molecule is COc1ccc(Cl)cc1S(=O)(=O)N1CCc2[nH]c3ccc(C)cc3c2C1. The number of nitrogens with one attached hydrogen (secondary N) is 1. The lowest BCUT2D eigenvalue weighted by molar-refractivity contribution is 0.378. The van der Waals surface area contributed by atoms with Gasteiger partial charge in [0.1, 0.15) is 10.6 Å². The van der Waals surface area contributed by atoms with Crippen molar-refractivity contribution in [3.63, 3.8) is 0 Å². The van der Waals surface area contributed by atoms with Crippen LogP contribution in [0.4, 0.5) is 0 Å². The highest BCUT2D eigenvalue weighted by molar-refractivity contribution is 7.89. The number of hydrogen-bond donors (Lipinski definition) is 1. The van der Waals surface area contributed by atoms with Gasteiger partial charge in [0.05, 0.1) is 7.11 Å². The third kappa shape index (κ3) is 2.78. The Kier molecular flexibility index (Phi) is 4.22. The third-order valence-corrected chi connectivity index (χ3v) is 6.94. The molecule has 0 bridgehead atoms. The number of hydrogen-bond acceptors (Lipinski definition) is 3. The summed E-state index contributed by atoms with van der Waals surface area (Å²) in [6.45, 7) is 2.78. The van der Waals surface area contributed by atoms with Gasteiger partial charge < -0.3 is 9.72 Å². The van der Waals surface area contributed by atoms with Gasteiger partial charge in [-0.1, -0.05) is 23.2 Å². The number of sulfonamides is 1. The van der Waals surface area contributed by atoms with E-state index in [1.807, 2.05) is 13.0 Å². The van der Waals surface area contributed by atoms with Gasteiger partial charge in [-0.15, -0.1) is 0 Å². The first kappa shape index (κ1) is 17.4. The van der Waals surface area contributed by atoms with Crippen LogP contribution in [0.15, 0.2) is 41.3 Å². The smallest absolute Gasteiger partial charge is 0.247 e. The van der Waals surface area contributed by atoms with Crippen LogP contribution in [0.3, 0.4) is 0 Å². The summed E-state index contributed by atoms with van der Waals surface area (Å²) in [6.07, 6.45) is 0.644. The predicted molar refractivity (Wildman–Crippen MR) is 102 cm³/mol. The number of aromatic amines is 1. The first-order valence-electron chi connectivity index (χ1n) is 8.34.